The Hall–Kier alpha value is -5.98. The third kappa shape index (κ3) is 20.0. The van der Waals surface area contributed by atoms with Crippen LogP contribution in [0.3, 0.4) is 0 Å². The number of nitrogens with zero attached hydrogens (tertiary/aromatic N) is 3. The number of amides is 2. The van der Waals surface area contributed by atoms with Gasteiger partial charge < -0.3 is 58.6 Å². The van der Waals surface area contributed by atoms with Crippen molar-refractivity contribution in [3.63, 3.8) is 0 Å². The maximum Gasteiger partial charge on any atom is 0.419 e. The Labute approximate surface area is 369 Å². The summed E-state index contributed by atoms with van der Waals surface area (Å²) in [6.45, 7) is 9.75. The summed E-state index contributed by atoms with van der Waals surface area (Å²) in [5.41, 5.74) is -0.921. The summed E-state index contributed by atoms with van der Waals surface area (Å²) in [6.07, 6.45) is -0.662. The number of esters is 1. The van der Waals surface area contributed by atoms with Crippen LogP contribution in [0.15, 0.2) is 42.5 Å². The van der Waals surface area contributed by atoms with Crippen molar-refractivity contribution in [1.82, 2.24) is 15.2 Å². The van der Waals surface area contributed by atoms with Crippen LogP contribution in [0.2, 0.25) is 0 Å². The van der Waals surface area contributed by atoms with E-state index in [2.05, 4.69) is 16.0 Å². The monoisotopic (exact) mass is 906 g/mol. The molecule has 0 unspecified atom stereocenters. The number of carbonyl (C=O) groups is 4. The zero-order chi connectivity index (χ0) is 46.7. The van der Waals surface area contributed by atoms with E-state index in [0.29, 0.717) is 62.9 Å². The molecule has 2 aromatic carbocycles. The topological polar surface area (TPSA) is 279 Å². The van der Waals surface area contributed by atoms with Crippen LogP contribution in [-0.2, 0) is 47.5 Å². The SMILES string of the molecule is COC(=O)c1cc2ccc(OCCOCCOCCOCCNC(=O)CCC(=O)NCCOCCOCCOCCNc3ccc([N+](=O)[O-])cc3[N+](=O)[O-])cc2n1C(=O)OC(C)(C)C. The maximum atomic E-state index is 12.9. The van der Waals surface area contributed by atoms with E-state index in [9.17, 15) is 39.4 Å². The molecular weight excluding hydrogens is 848 g/mol. The Kier molecular flexibility index (Phi) is 23.4. The van der Waals surface area contributed by atoms with E-state index < -0.39 is 33.2 Å². The Morgan fingerprint density at radius 1 is 0.641 bits per heavy atom. The molecule has 0 fully saturated rings. The van der Waals surface area contributed by atoms with Gasteiger partial charge in [-0.15, -0.1) is 0 Å². The molecule has 354 valence electrons. The lowest BCUT2D eigenvalue weighted by Gasteiger charge is -2.20. The second-order valence-corrected chi connectivity index (χ2v) is 14.4. The first-order chi connectivity index (χ1) is 30.7. The first-order valence-corrected chi connectivity index (χ1v) is 20.5. The molecular formula is C41H58N6O17. The molecule has 0 spiro atoms. The van der Waals surface area contributed by atoms with Crippen LogP contribution in [0.5, 0.6) is 5.75 Å². The van der Waals surface area contributed by atoms with Gasteiger partial charge in [0.2, 0.25) is 11.8 Å². The average Bonchev–Trinajstić information content (AvgIpc) is 3.64. The summed E-state index contributed by atoms with van der Waals surface area (Å²) in [6, 6.07) is 10.0. The van der Waals surface area contributed by atoms with Crippen molar-refractivity contribution < 1.29 is 71.7 Å². The van der Waals surface area contributed by atoms with Gasteiger partial charge >= 0.3 is 12.1 Å². The summed E-state index contributed by atoms with van der Waals surface area (Å²) >= 11 is 0. The van der Waals surface area contributed by atoms with Crippen molar-refractivity contribution in [3.8, 4) is 5.75 Å². The van der Waals surface area contributed by atoms with Crippen LogP contribution in [0, 0.1) is 20.2 Å². The smallest absolute Gasteiger partial charge is 0.419 e. The van der Waals surface area contributed by atoms with Gasteiger partial charge in [-0.3, -0.25) is 29.8 Å². The predicted octanol–water partition coefficient (Wildman–Crippen LogP) is 3.63. The molecule has 2 amide bonds. The molecule has 3 rings (SSSR count). The van der Waals surface area contributed by atoms with Crippen LogP contribution in [-0.4, -0.2) is 157 Å². The van der Waals surface area contributed by atoms with E-state index in [1.807, 2.05) is 0 Å². The van der Waals surface area contributed by atoms with Crippen molar-refractivity contribution in [3.05, 3.63) is 68.4 Å². The fraction of sp³-hybridized carbons (Fsp3) is 0.561. The number of benzene rings is 2. The molecule has 0 aliphatic heterocycles. The summed E-state index contributed by atoms with van der Waals surface area (Å²) in [7, 11) is 1.24. The number of nitro groups is 2. The van der Waals surface area contributed by atoms with Crippen molar-refractivity contribution >= 4 is 51.8 Å². The lowest BCUT2D eigenvalue weighted by Crippen LogP contribution is -2.31. The Bertz CT molecular complexity index is 1970. The highest BCUT2D eigenvalue weighted by Gasteiger charge is 2.26. The lowest BCUT2D eigenvalue weighted by molar-refractivity contribution is -0.393. The lowest BCUT2D eigenvalue weighted by atomic mass is 10.2. The van der Waals surface area contributed by atoms with Crippen LogP contribution >= 0.6 is 0 Å². The van der Waals surface area contributed by atoms with E-state index in [0.717, 1.165) is 6.07 Å². The minimum atomic E-state index is -0.777. The molecule has 0 bridgehead atoms. The minimum absolute atomic E-state index is 0.0255. The largest absolute Gasteiger partial charge is 0.491 e. The Morgan fingerprint density at radius 3 is 1.66 bits per heavy atom. The Balaban J connectivity index is 1.09. The van der Waals surface area contributed by atoms with Gasteiger partial charge in [0.1, 0.15) is 29.3 Å². The molecule has 23 nitrogen and oxygen atoms in total. The quantitative estimate of drug-likeness (QED) is 0.0349. The maximum absolute atomic E-state index is 12.9. The molecule has 1 aromatic heterocycles. The normalized spacial score (nSPS) is 11.2. The highest BCUT2D eigenvalue weighted by molar-refractivity contribution is 6.02. The van der Waals surface area contributed by atoms with E-state index in [1.165, 1.54) is 23.8 Å². The number of methoxy groups -OCH3 is 1. The number of ether oxygens (including phenoxy) is 9. The molecule has 1 heterocycles. The van der Waals surface area contributed by atoms with E-state index in [4.69, 9.17) is 42.6 Å². The molecule has 0 aliphatic carbocycles. The second kappa shape index (κ2) is 28.7. The number of nitrogens with one attached hydrogen (secondary N) is 3. The van der Waals surface area contributed by atoms with Gasteiger partial charge in [-0.2, -0.15) is 0 Å². The van der Waals surface area contributed by atoms with Crippen LogP contribution in [0.4, 0.5) is 21.9 Å². The van der Waals surface area contributed by atoms with Gasteiger partial charge in [0.25, 0.3) is 11.4 Å². The molecule has 3 aromatic rings. The summed E-state index contributed by atoms with van der Waals surface area (Å²) in [5.74, 6) is -0.760. The van der Waals surface area contributed by atoms with Crippen molar-refractivity contribution in [1.29, 1.82) is 0 Å². The highest BCUT2D eigenvalue weighted by atomic mass is 16.6. The first kappa shape index (κ1) is 52.4. The third-order valence-electron chi connectivity index (χ3n) is 8.40. The Morgan fingerprint density at radius 2 is 1.16 bits per heavy atom. The second-order valence-electron chi connectivity index (χ2n) is 14.4. The number of nitro benzene ring substituents is 2. The number of anilines is 1. The van der Waals surface area contributed by atoms with Crippen LogP contribution < -0.4 is 20.7 Å². The molecule has 3 N–H and O–H groups in total. The van der Waals surface area contributed by atoms with Gasteiger partial charge in [-0.05, 0) is 45.0 Å². The molecule has 0 atom stereocenters. The highest BCUT2D eigenvalue weighted by Crippen LogP contribution is 2.29. The first-order valence-electron chi connectivity index (χ1n) is 20.5. The standard InChI is InChI=1S/C41H58N6O17/c1-41(2,3)64-40(51)45-34-29-32(7-5-30(34)27-36(45)39(50)56-4)63-26-25-62-24-23-61-22-19-59-16-13-44-38(49)10-9-37(48)43-12-15-58-18-21-60-20-17-57-14-11-42-33-8-6-31(46(52)53)28-35(33)47(54)55/h5-8,27-29,42H,9-26H2,1-4H3,(H,43,48)(H,44,49). The van der Waals surface area contributed by atoms with Gasteiger partial charge in [0.05, 0.1) is 108 Å². The summed E-state index contributed by atoms with van der Waals surface area (Å²) in [5, 5.41) is 30.9. The molecule has 0 radical (unpaired) electrons. The number of fused-ring (bicyclic) bond motifs is 1. The predicted molar refractivity (Wildman–Crippen MR) is 229 cm³/mol. The zero-order valence-corrected chi connectivity index (χ0v) is 36.6. The number of non-ortho nitro benzene ring substituents is 1. The van der Waals surface area contributed by atoms with Crippen LogP contribution in [0.25, 0.3) is 10.9 Å². The van der Waals surface area contributed by atoms with Crippen molar-refractivity contribution in [2.24, 2.45) is 0 Å². The number of aromatic nitrogens is 1. The van der Waals surface area contributed by atoms with Gasteiger partial charge in [0.15, 0.2) is 0 Å². The zero-order valence-electron chi connectivity index (χ0n) is 36.6. The van der Waals surface area contributed by atoms with Gasteiger partial charge in [0, 0.05) is 50.0 Å². The van der Waals surface area contributed by atoms with E-state index in [-0.39, 0.29) is 101 Å². The molecule has 23 heteroatoms. The number of rotatable bonds is 32. The fourth-order valence-corrected chi connectivity index (χ4v) is 5.45. The third-order valence-corrected chi connectivity index (χ3v) is 8.40. The van der Waals surface area contributed by atoms with Gasteiger partial charge in [-0.1, -0.05) is 0 Å². The number of carbonyl (C=O) groups excluding carboxylic acids is 4. The molecule has 64 heavy (non-hydrogen) atoms. The number of hydrogen-bond donors (Lipinski definition) is 3. The van der Waals surface area contributed by atoms with Crippen molar-refractivity contribution in [2.45, 2.75) is 39.2 Å². The van der Waals surface area contributed by atoms with Crippen molar-refractivity contribution in [2.75, 3.05) is 118 Å². The average molecular weight is 907 g/mol. The fourth-order valence-electron chi connectivity index (χ4n) is 5.45. The van der Waals surface area contributed by atoms with Crippen LogP contribution in [0.1, 0.15) is 44.1 Å². The molecule has 0 saturated carbocycles. The van der Waals surface area contributed by atoms with Gasteiger partial charge in [-0.25, -0.2) is 14.2 Å². The summed E-state index contributed by atoms with van der Waals surface area (Å²) < 4.78 is 50.0. The van der Waals surface area contributed by atoms with E-state index >= 15 is 0 Å². The molecule has 0 aliphatic rings. The molecule has 0 saturated heterocycles. The minimum Gasteiger partial charge on any atom is -0.491 e. The van der Waals surface area contributed by atoms with E-state index in [1.54, 1.807) is 45.0 Å². The summed E-state index contributed by atoms with van der Waals surface area (Å²) in [4.78, 5) is 70.0. The number of hydrogen-bond acceptors (Lipinski definition) is 18.